The molecule has 8 rings (SSSR count). The predicted molar refractivity (Wildman–Crippen MR) is 171 cm³/mol. The molecule has 4 aliphatic rings. The van der Waals surface area contributed by atoms with Gasteiger partial charge >= 0.3 is 13.5 Å². The number of aliphatic hydroxyl groups is 2. The number of nitrogens with one attached hydrogen (secondary N) is 2. The molecule has 4 aromatic rings. The Morgan fingerprint density at radius 3 is 2.65 bits per heavy atom. The number of H-pyrrole nitrogens is 1. The Labute approximate surface area is 279 Å². The highest BCUT2D eigenvalue weighted by Crippen LogP contribution is 2.58. The van der Waals surface area contributed by atoms with Crippen molar-refractivity contribution in [2.75, 3.05) is 30.8 Å². The number of hydrogen-bond donors (Lipinski definition) is 7. The van der Waals surface area contributed by atoms with Crippen LogP contribution >= 0.6 is 25.8 Å². The first-order valence-electron chi connectivity index (χ1n) is 14.7. The van der Waals surface area contributed by atoms with Gasteiger partial charge in [0, 0.05) is 12.7 Å². The number of aliphatic hydroxyl groups excluding tert-OH is 2. The zero-order valence-corrected chi connectivity index (χ0v) is 28.0. The third-order valence-corrected chi connectivity index (χ3v) is 11.7. The van der Waals surface area contributed by atoms with Gasteiger partial charge in [-0.3, -0.25) is 27.9 Å². The van der Waals surface area contributed by atoms with E-state index in [0.717, 1.165) is 30.3 Å². The first-order valence-corrected chi connectivity index (χ1v) is 20.0. The Morgan fingerprint density at radius 1 is 1.02 bits per heavy atom. The minimum atomic E-state index is -4.36. The molecular weight excluding hydrogens is 716 g/mol. The molecule has 0 aliphatic carbocycles. The standard InChI is InChI=1S/C24H29N9O11P2S2/c25-24-30-20-13(21(36)31-24)29-8-33(20)23-17-14(34)10(41-23)5-39-45(37,47)43-16-11(6-40-46(38,48)44-17)42-22(15(16)35)32-4-9-2-1-3-26-18-12(9)19(32)28-7-27-18/h4,7-8,10-11,14-17,22-23,34-35H,1-3,5-6H2,(H,37,47)(H,38,48)(H,26,27,28)(H3,25,30,31,36)/t10-,11-,14-,15-,16-,17-,22-,23-,45?,46?/m1/s1. The van der Waals surface area contributed by atoms with Crippen molar-refractivity contribution in [2.24, 2.45) is 0 Å². The Balaban J connectivity index is 1.11. The lowest BCUT2D eigenvalue weighted by atomic mass is 10.1. The molecule has 0 spiro atoms. The van der Waals surface area contributed by atoms with Crippen molar-refractivity contribution >= 4 is 71.5 Å². The van der Waals surface area contributed by atoms with Crippen LogP contribution in [0.4, 0.5) is 11.8 Å². The van der Waals surface area contributed by atoms with E-state index in [9.17, 15) is 24.5 Å². The zero-order chi connectivity index (χ0) is 33.5. The molecule has 4 aromatic heterocycles. The molecule has 4 aliphatic heterocycles. The number of thiol groups is 1. The second-order valence-corrected chi connectivity index (χ2v) is 17.2. The van der Waals surface area contributed by atoms with Crippen LogP contribution in [0.2, 0.25) is 0 Å². The van der Waals surface area contributed by atoms with Gasteiger partial charge in [0.2, 0.25) is 5.95 Å². The van der Waals surface area contributed by atoms with Crippen molar-refractivity contribution in [1.82, 2.24) is 34.1 Å². The number of fused-ring (bicyclic) bond motifs is 4. The summed E-state index contributed by atoms with van der Waals surface area (Å²) in [5.74, 6) is 0.442. The number of anilines is 2. The number of ether oxygens (including phenoxy) is 2. The zero-order valence-electron chi connectivity index (χ0n) is 24.5. The lowest BCUT2D eigenvalue weighted by Crippen LogP contribution is -2.36. The molecule has 0 amide bonds. The molecule has 0 saturated carbocycles. The minimum absolute atomic E-state index is 0.0164. The molecule has 7 N–H and O–H groups in total. The Hall–Kier alpha value is -2.56. The first kappa shape index (κ1) is 32.6. The van der Waals surface area contributed by atoms with Gasteiger partial charge < -0.3 is 44.7 Å². The number of aromatic amines is 1. The van der Waals surface area contributed by atoms with Crippen molar-refractivity contribution in [1.29, 1.82) is 0 Å². The van der Waals surface area contributed by atoms with E-state index >= 15 is 0 Å². The maximum atomic E-state index is 13.7. The van der Waals surface area contributed by atoms with E-state index in [4.69, 9.17) is 45.1 Å². The number of nitrogens with zero attached hydrogens (tertiary/aromatic N) is 6. The monoisotopic (exact) mass is 745 g/mol. The van der Waals surface area contributed by atoms with Crippen molar-refractivity contribution < 1.29 is 47.2 Å². The van der Waals surface area contributed by atoms with Gasteiger partial charge in [-0.1, -0.05) is 12.2 Å². The number of aromatic nitrogens is 7. The van der Waals surface area contributed by atoms with E-state index in [1.54, 1.807) is 4.57 Å². The van der Waals surface area contributed by atoms with E-state index in [1.165, 1.54) is 17.2 Å². The molecule has 8 heterocycles. The largest absolute Gasteiger partial charge is 0.387 e. The van der Waals surface area contributed by atoms with Crippen LogP contribution in [0.3, 0.4) is 0 Å². The van der Waals surface area contributed by atoms with Crippen LogP contribution in [0.1, 0.15) is 24.4 Å². The van der Waals surface area contributed by atoms with Gasteiger partial charge in [0.25, 0.3) is 5.56 Å². The molecule has 3 fully saturated rings. The van der Waals surface area contributed by atoms with Crippen LogP contribution in [0.5, 0.6) is 0 Å². The van der Waals surface area contributed by atoms with Gasteiger partial charge in [0.1, 0.15) is 54.4 Å². The SMILES string of the molecule is Nc1nc2c(ncn2[C@@H]2O[C@@H]3COP(O)(=S)O[C@H]4[C@@H](O)[C@H](n5cc6c7c(ncnc75)NCCC6)O[C@@H]4COP(=O)(S)O[C@@H]2[C@@H]3O)c(=O)[nH]1. The molecule has 258 valence electrons. The lowest BCUT2D eigenvalue weighted by Gasteiger charge is -2.27. The van der Waals surface area contributed by atoms with Gasteiger partial charge in [0.05, 0.1) is 24.9 Å². The van der Waals surface area contributed by atoms with Crippen LogP contribution in [0.15, 0.2) is 23.6 Å². The maximum absolute atomic E-state index is 13.7. The van der Waals surface area contributed by atoms with Crippen LogP contribution in [-0.2, 0) is 50.4 Å². The summed E-state index contributed by atoms with van der Waals surface area (Å²) in [5, 5.41) is 26.8. The summed E-state index contributed by atoms with van der Waals surface area (Å²) >= 11 is 9.43. The van der Waals surface area contributed by atoms with Crippen molar-refractivity contribution in [3.05, 3.63) is 34.8 Å². The fourth-order valence-electron chi connectivity index (χ4n) is 6.40. The van der Waals surface area contributed by atoms with Crippen molar-refractivity contribution in [3.63, 3.8) is 0 Å². The molecular formula is C24H29N9O11P2S2. The molecule has 3 saturated heterocycles. The molecule has 20 nitrogen and oxygen atoms in total. The number of hydrogen-bond acceptors (Lipinski definition) is 17. The van der Waals surface area contributed by atoms with Crippen molar-refractivity contribution in [2.45, 2.75) is 61.9 Å². The molecule has 0 radical (unpaired) electrons. The average Bonchev–Trinajstić information content (AvgIpc) is 3.73. The van der Waals surface area contributed by atoms with Crippen LogP contribution in [0, 0.1) is 0 Å². The van der Waals surface area contributed by atoms with E-state index in [1.807, 2.05) is 6.20 Å². The highest BCUT2D eigenvalue weighted by atomic mass is 32.7. The number of imidazole rings is 1. The van der Waals surface area contributed by atoms with Crippen molar-refractivity contribution in [3.8, 4) is 0 Å². The van der Waals surface area contributed by atoms with E-state index in [-0.39, 0.29) is 17.1 Å². The maximum Gasteiger partial charge on any atom is 0.386 e. The summed E-state index contributed by atoms with van der Waals surface area (Å²) in [4.78, 5) is 42.8. The van der Waals surface area contributed by atoms with Gasteiger partial charge in [-0.15, -0.1) is 0 Å². The normalized spacial score (nSPS) is 37.3. The van der Waals surface area contributed by atoms with E-state index < -0.39 is 81.4 Å². The third-order valence-electron chi connectivity index (χ3n) is 8.54. The van der Waals surface area contributed by atoms with Crippen LogP contribution in [0.25, 0.3) is 22.2 Å². The van der Waals surface area contributed by atoms with Crippen LogP contribution in [-0.4, -0.2) is 106 Å². The molecule has 10 atom stereocenters. The highest BCUT2D eigenvalue weighted by molar-refractivity contribution is 8.44. The van der Waals surface area contributed by atoms with E-state index in [2.05, 4.69) is 42.5 Å². The third kappa shape index (κ3) is 5.67. The summed E-state index contributed by atoms with van der Waals surface area (Å²) in [6.45, 7) is -8.85. The Kier molecular flexibility index (Phi) is 8.19. The quantitative estimate of drug-likeness (QED) is 0.106. The first-order chi connectivity index (χ1) is 22.9. The Morgan fingerprint density at radius 2 is 1.81 bits per heavy atom. The second-order valence-electron chi connectivity index (χ2n) is 11.6. The summed E-state index contributed by atoms with van der Waals surface area (Å²) in [7, 11) is 0. The predicted octanol–water partition coefficient (Wildman–Crippen LogP) is 0.0933. The fourth-order valence-corrected chi connectivity index (χ4v) is 9.31. The van der Waals surface area contributed by atoms with Gasteiger partial charge in [0.15, 0.2) is 23.6 Å². The number of rotatable bonds is 2. The second kappa shape index (κ2) is 12.0. The Bertz CT molecular complexity index is 2060. The molecule has 48 heavy (non-hydrogen) atoms. The summed E-state index contributed by atoms with van der Waals surface area (Å²) in [6, 6.07) is 0. The number of aryl methyl sites for hydroxylation is 1. The fraction of sp³-hybridized carbons (Fsp3) is 0.542. The average molecular weight is 746 g/mol. The molecule has 2 bridgehead atoms. The van der Waals surface area contributed by atoms with Gasteiger partial charge in [-0.25, -0.2) is 19.5 Å². The molecule has 0 aromatic carbocycles. The lowest BCUT2D eigenvalue weighted by molar-refractivity contribution is -0.0587. The summed E-state index contributed by atoms with van der Waals surface area (Å²) in [5.41, 5.74) is 6.44. The van der Waals surface area contributed by atoms with Gasteiger partial charge in [-0.05, 0) is 30.2 Å². The van der Waals surface area contributed by atoms with Gasteiger partial charge in [-0.2, -0.15) is 4.98 Å². The highest BCUT2D eigenvalue weighted by Gasteiger charge is 2.53. The molecule has 24 heteroatoms. The number of nitrogens with two attached hydrogens (primary N) is 1. The number of nitrogen functional groups attached to an aromatic ring is 1. The summed E-state index contributed by atoms with van der Waals surface area (Å²) < 4.78 is 51.5. The smallest absolute Gasteiger partial charge is 0.386 e. The molecule has 2 unspecified atom stereocenters. The summed E-state index contributed by atoms with van der Waals surface area (Å²) in [6.07, 6.45) is -4.63. The van der Waals surface area contributed by atoms with Crippen LogP contribution < -0.4 is 16.6 Å². The topological polar surface area (TPSA) is 265 Å². The minimum Gasteiger partial charge on any atom is -0.387 e. The van der Waals surface area contributed by atoms with E-state index in [0.29, 0.717) is 11.5 Å².